The molecule has 2 aromatic heterocycles. The minimum absolute atomic E-state index is 0.115. The molecule has 0 spiro atoms. The summed E-state index contributed by atoms with van der Waals surface area (Å²) in [4.78, 5) is 22.5. The summed E-state index contributed by atoms with van der Waals surface area (Å²) in [5, 5.41) is 7.27. The lowest BCUT2D eigenvalue weighted by Crippen LogP contribution is -3.16. The Morgan fingerprint density at radius 3 is 3.04 bits per heavy atom. The van der Waals surface area contributed by atoms with Crippen molar-refractivity contribution >= 4 is 11.7 Å². The van der Waals surface area contributed by atoms with E-state index in [9.17, 15) is 4.79 Å². The molecule has 1 aliphatic rings. The molecule has 1 aliphatic heterocycles. The average Bonchev–Trinajstić information content (AvgIpc) is 3.08. The number of carbonyl (C=O) groups excluding carboxylic acids is 1. The minimum Gasteiger partial charge on any atom is -0.356 e. The van der Waals surface area contributed by atoms with Gasteiger partial charge in [0.05, 0.1) is 19.1 Å². The molecular formula is C19H31N6O+. The SMILES string of the molecule is Cc1nc2ncnn2c(C)c1CCC(=O)NCCC[NH+]1CCCC[C@H]1C. The van der Waals surface area contributed by atoms with Crippen molar-refractivity contribution in [3.05, 3.63) is 23.3 Å². The normalized spacial score (nSPS) is 20.4. The smallest absolute Gasteiger partial charge is 0.252 e. The first-order valence-corrected chi connectivity index (χ1v) is 9.83. The Balaban J connectivity index is 1.43. The van der Waals surface area contributed by atoms with Crippen LogP contribution in [-0.2, 0) is 11.2 Å². The van der Waals surface area contributed by atoms with Gasteiger partial charge in [-0.05, 0) is 52.0 Å². The van der Waals surface area contributed by atoms with Gasteiger partial charge in [0, 0.05) is 30.8 Å². The molecule has 142 valence electrons. The van der Waals surface area contributed by atoms with Crippen LogP contribution < -0.4 is 10.2 Å². The molecule has 3 rings (SSSR count). The molecule has 0 bridgehead atoms. The molecule has 2 N–H and O–H groups in total. The van der Waals surface area contributed by atoms with Crippen molar-refractivity contribution in [3.63, 3.8) is 0 Å². The molecule has 7 nitrogen and oxygen atoms in total. The second-order valence-corrected chi connectivity index (χ2v) is 7.49. The van der Waals surface area contributed by atoms with E-state index < -0.39 is 0 Å². The molecule has 2 aromatic rings. The van der Waals surface area contributed by atoms with E-state index in [1.54, 1.807) is 9.42 Å². The van der Waals surface area contributed by atoms with Crippen LogP contribution in [0.1, 0.15) is 56.0 Å². The Morgan fingerprint density at radius 2 is 2.23 bits per heavy atom. The van der Waals surface area contributed by atoms with E-state index in [-0.39, 0.29) is 5.91 Å². The van der Waals surface area contributed by atoms with E-state index in [1.165, 1.54) is 32.1 Å². The Bertz CT molecular complexity index is 756. The van der Waals surface area contributed by atoms with Gasteiger partial charge in [-0.2, -0.15) is 10.1 Å². The highest BCUT2D eigenvalue weighted by atomic mass is 16.1. The zero-order valence-corrected chi connectivity index (χ0v) is 16.2. The molecule has 0 saturated carbocycles. The van der Waals surface area contributed by atoms with Crippen LogP contribution >= 0.6 is 0 Å². The summed E-state index contributed by atoms with van der Waals surface area (Å²) in [5.41, 5.74) is 3.03. The zero-order valence-electron chi connectivity index (χ0n) is 16.2. The summed E-state index contributed by atoms with van der Waals surface area (Å²) in [5.74, 6) is 0.729. The Kier molecular flexibility index (Phi) is 6.19. The van der Waals surface area contributed by atoms with Gasteiger partial charge in [-0.1, -0.05) is 0 Å². The molecule has 26 heavy (non-hydrogen) atoms. The first-order valence-electron chi connectivity index (χ1n) is 9.83. The predicted octanol–water partition coefficient (Wildman–Crippen LogP) is 0.637. The molecule has 0 aromatic carbocycles. The fourth-order valence-corrected chi connectivity index (χ4v) is 4.01. The van der Waals surface area contributed by atoms with Crippen LogP contribution in [0.15, 0.2) is 6.33 Å². The van der Waals surface area contributed by atoms with Gasteiger partial charge >= 0.3 is 0 Å². The molecule has 1 saturated heterocycles. The van der Waals surface area contributed by atoms with Crippen molar-refractivity contribution in [2.45, 2.75) is 65.3 Å². The number of quaternary nitrogens is 1. The third-order valence-electron chi connectivity index (χ3n) is 5.67. The molecule has 7 heteroatoms. The number of aromatic nitrogens is 4. The van der Waals surface area contributed by atoms with E-state index in [0.29, 0.717) is 18.6 Å². The molecule has 1 unspecified atom stereocenters. The Morgan fingerprint density at radius 1 is 1.38 bits per heavy atom. The van der Waals surface area contributed by atoms with Gasteiger partial charge in [0.15, 0.2) is 0 Å². The Hall–Kier alpha value is -2.02. The number of hydrogen-bond donors (Lipinski definition) is 2. The zero-order chi connectivity index (χ0) is 18.5. The average molecular weight is 359 g/mol. The number of rotatable bonds is 7. The number of carbonyl (C=O) groups is 1. The molecular weight excluding hydrogens is 328 g/mol. The van der Waals surface area contributed by atoms with Crippen molar-refractivity contribution in [2.75, 3.05) is 19.6 Å². The van der Waals surface area contributed by atoms with Gasteiger partial charge in [0.1, 0.15) is 6.33 Å². The number of nitrogens with zero attached hydrogens (tertiary/aromatic N) is 4. The number of piperidine rings is 1. The maximum Gasteiger partial charge on any atom is 0.252 e. The second kappa shape index (κ2) is 8.58. The molecule has 0 aliphatic carbocycles. The molecule has 1 fully saturated rings. The van der Waals surface area contributed by atoms with Gasteiger partial charge in [0.2, 0.25) is 5.91 Å². The number of amides is 1. The quantitative estimate of drug-likeness (QED) is 0.711. The van der Waals surface area contributed by atoms with E-state index in [2.05, 4.69) is 27.3 Å². The number of hydrogen-bond acceptors (Lipinski definition) is 4. The monoisotopic (exact) mass is 359 g/mol. The maximum atomic E-state index is 12.2. The first-order chi connectivity index (χ1) is 12.6. The standard InChI is InChI=1S/C19H30N6O/c1-14-7-4-5-11-24(14)12-6-10-20-18(26)9-8-17-15(2)23-19-21-13-22-25(19)16(17)3/h13-14H,4-12H2,1-3H3,(H,20,26)/p+1/t14-/m1/s1. The van der Waals surface area contributed by atoms with Crippen molar-refractivity contribution in [1.29, 1.82) is 0 Å². The highest BCUT2D eigenvalue weighted by Gasteiger charge is 2.21. The molecule has 0 radical (unpaired) electrons. The van der Waals surface area contributed by atoms with Crippen molar-refractivity contribution in [1.82, 2.24) is 24.9 Å². The van der Waals surface area contributed by atoms with Crippen LogP contribution in [0.2, 0.25) is 0 Å². The number of aryl methyl sites for hydroxylation is 2. The van der Waals surface area contributed by atoms with Crippen LogP contribution in [0.25, 0.3) is 5.78 Å². The molecule has 2 atom stereocenters. The summed E-state index contributed by atoms with van der Waals surface area (Å²) in [6.45, 7) is 9.53. The van der Waals surface area contributed by atoms with E-state index in [4.69, 9.17) is 0 Å². The van der Waals surface area contributed by atoms with Crippen molar-refractivity contribution < 1.29 is 9.69 Å². The summed E-state index contributed by atoms with van der Waals surface area (Å²) in [7, 11) is 0. The fraction of sp³-hybridized carbons (Fsp3) is 0.684. The number of likely N-dealkylation sites (tertiary alicyclic amines) is 1. The van der Waals surface area contributed by atoms with E-state index in [1.807, 2.05) is 13.8 Å². The molecule has 1 amide bonds. The van der Waals surface area contributed by atoms with Gasteiger partial charge < -0.3 is 10.2 Å². The van der Waals surface area contributed by atoms with Gasteiger partial charge in [-0.25, -0.2) is 9.50 Å². The third-order valence-corrected chi connectivity index (χ3v) is 5.67. The lowest BCUT2D eigenvalue weighted by Gasteiger charge is -2.30. The van der Waals surface area contributed by atoms with Gasteiger partial charge in [-0.15, -0.1) is 0 Å². The maximum absolute atomic E-state index is 12.2. The van der Waals surface area contributed by atoms with Crippen LogP contribution in [-0.4, -0.2) is 51.2 Å². The van der Waals surface area contributed by atoms with Crippen LogP contribution in [0.3, 0.4) is 0 Å². The van der Waals surface area contributed by atoms with E-state index >= 15 is 0 Å². The minimum atomic E-state index is 0.115. The summed E-state index contributed by atoms with van der Waals surface area (Å²) in [6.07, 6.45) is 7.78. The van der Waals surface area contributed by atoms with Gasteiger partial charge in [0.25, 0.3) is 5.78 Å². The fourth-order valence-electron chi connectivity index (χ4n) is 4.01. The summed E-state index contributed by atoms with van der Waals surface area (Å²) in [6, 6.07) is 0.768. The van der Waals surface area contributed by atoms with Crippen molar-refractivity contribution in [2.24, 2.45) is 0 Å². The topological polar surface area (TPSA) is 76.6 Å². The highest BCUT2D eigenvalue weighted by molar-refractivity contribution is 5.76. The second-order valence-electron chi connectivity index (χ2n) is 7.49. The Labute approximate surface area is 155 Å². The highest BCUT2D eigenvalue weighted by Crippen LogP contribution is 2.14. The number of nitrogens with one attached hydrogen (secondary N) is 2. The van der Waals surface area contributed by atoms with Crippen molar-refractivity contribution in [3.8, 4) is 0 Å². The predicted molar refractivity (Wildman–Crippen MR) is 100 cm³/mol. The lowest BCUT2D eigenvalue weighted by atomic mass is 10.0. The van der Waals surface area contributed by atoms with Crippen LogP contribution in [0, 0.1) is 13.8 Å². The summed E-state index contributed by atoms with van der Waals surface area (Å²) >= 11 is 0. The van der Waals surface area contributed by atoms with Crippen LogP contribution in [0.4, 0.5) is 0 Å². The molecule has 3 heterocycles. The first kappa shape index (κ1) is 18.8. The largest absolute Gasteiger partial charge is 0.356 e. The third kappa shape index (κ3) is 4.38. The van der Waals surface area contributed by atoms with Gasteiger partial charge in [-0.3, -0.25) is 4.79 Å². The number of fused-ring (bicyclic) bond motifs is 1. The van der Waals surface area contributed by atoms with E-state index in [0.717, 1.165) is 42.5 Å². The van der Waals surface area contributed by atoms with Crippen LogP contribution in [0.5, 0.6) is 0 Å². The lowest BCUT2D eigenvalue weighted by molar-refractivity contribution is -0.928. The summed E-state index contributed by atoms with van der Waals surface area (Å²) < 4.78 is 1.74.